The highest BCUT2D eigenvalue weighted by Crippen LogP contribution is 2.40. The van der Waals surface area contributed by atoms with E-state index >= 15 is 0 Å². The number of methoxy groups -OCH3 is 1. The number of aliphatic imine (C=N–C) groups is 1. The van der Waals surface area contributed by atoms with Crippen LogP contribution in [0.4, 0.5) is 5.69 Å². The molecule has 1 fully saturated rings. The summed E-state index contributed by atoms with van der Waals surface area (Å²) in [5, 5.41) is 2.95. The molecule has 0 radical (unpaired) electrons. The Morgan fingerprint density at radius 3 is 2.82 bits per heavy atom. The molecule has 2 aliphatic heterocycles. The van der Waals surface area contributed by atoms with Gasteiger partial charge in [-0.2, -0.15) is 0 Å². The fourth-order valence-corrected chi connectivity index (χ4v) is 4.16. The van der Waals surface area contributed by atoms with Crippen LogP contribution in [0.5, 0.6) is 11.5 Å². The lowest BCUT2D eigenvalue weighted by Gasteiger charge is -2.33. The molecule has 2 heterocycles. The Balaban J connectivity index is 1.36. The molecule has 28 heavy (non-hydrogen) atoms. The summed E-state index contributed by atoms with van der Waals surface area (Å²) in [5.41, 5.74) is -0.0148. The van der Waals surface area contributed by atoms with Crippen molar-refractivity contribution in [2.75, 3.05) is 32.4 Å². The number of rotatable bonds is 5. The van der Waals surface area contributed by atoms with Gasteiger partial charge in [-0.15, -0.1) is 0 Å². The van der Waals surface area contributed by atoms with Crippen LogP contribution in [0.15, 0.2) is 23.2 Å². The second kappa shape index (κ2) is 7.43. The number of ether oxygens (including phenoxy) is 3. The van der Waals surface area contributed by atoms with Crippen LogP contribution in [-0.4, -0.2) is 55.1 Å². The molecule has 1 aromatic rings. The molecule has 3 aliphatic rings. The average molecular weight is 387 g/mol. The zero-order valence-corrected chi connectivity index (χ0v) is 16.2. The minimum absolute atomic E-state index is 0.0314. The third-order valence-corrected chi connectivity index (χ3v) is 5.75. The highest BCUT2D eigenvalue weighted by atomic mass is 16.7. The van der Waals surface area contributed by atoms with Gasteiger partial charge in [-0.05, 0) is 44.7 Å². The van der Waals surface area contributed by atoms with Crippen LogP contribution in [0.25, 0.3) is 0 Å². The van der Waals surface area contributed by atoms with Crippen LogP contribution in [0.1, 0.15) is 32.6 Å². The van der Waals surface area contributed by atoms with Gasteiger partial charge in [0.05, 0.1) is 13.2 Å². The Hall–Kier alpha value is -2.61. The lowest BCUT2D eigenvalue weighted by Crippen LogP contribution is -2.46. The Bertz CT molecular complexity index is 814. The number of hydrogen-bond acceptors (Lipinski definition) is 6. The number of amidine groups is 1. The van der Waals surface area contributed by atoms with Gasteiger partial charge in [0.2, 0.25) is 12.7 Å². The second-order valence-corrected chi connectivity index (χ2v) is 7.47. The minimum Gasteiger partial charge on any atom is -0.454 e. The van der Waals surface area contributed by atoms with Crippen molar-refractivity contribution in [2.24, 2.45) is 10.9 Å². The number of carbonyl (C=O) groups is 2. The summed E-state index contributed by atoms with van der Waals surface area (Å²) in [6, 6.07) is 5.36. The van der Waals surface area contributed by atoms with E-state index in [9.17, 15) is 9.59 Å². The molecule has 2 amide bonds. The summed E-state index contributed by atoms with van der Waals surface area (Å²) in [6.07, 6.45) is 2.45. The van der Waals surface area contributed by atoms with Gasteiger partial charge in [-0.25, -0.2) is 0 Å². The van der Waals surface area contributed by atoms with Crippen molar-refractivity contribution >= 4 is 23.3 Å². The number of benzene rings is 1. The van der Waals surface area contributed by atoms with Gasteiger partial charge in [0.1, 0.15) is 11.4 Å². The quantitative estimate of drug-likeness (QED) is 0.837. The Morgan fingerprint density at radius 2 is 2.07 bits per heavy atom. The number of carbonyl (C=O) groups excluding carboxylic acids is 2. The molecule has 1 aliphatic carbocycles. The zero-order valence-electron chi connectivity index (χ0n) is 16.2. The largest absolute Gasteiger partial charge is 0.454 e. The fraction of sp³-hybridized carbons (Fsp3) is 0.550. The summed E-state index contributed by atoms with van der Waals surface area (Å²) >= 11 is 0. The monoisotopic (exact) mass is 387 g/mol. The molecule has 0 bridgehead atoms. The van der Waals surface area contributed by atoms with Crippen LogP contribution < -0.4 is 14.8 Å². The Morgan fingerprint density at radius 1 is 1.32 bits per heavy atom. The highest BCUT2D eigenvalue weighted by molar-refractivity contribution is 6.07. The number of fused-ring (bicyclic) bond motifs is 1. The van der Waals surface area contributed by atoms with Crippen molar-refractivity contribution in [3.63, 3.8) is 0 Å². The lowest BCUT2D eigenvalue weighted by molar-refractivity contribution is -0.134. The molecule has 1 N–H and O–H groups in total. The van der Waals surface area contributed by atoms with Crippen LogP contribution >= 0.6 is 0 Å². The molecular formula is C20H25N3O5. The van der Waals surface area contributed by atoms with Gasteiger partial charge in [0.15, 0.2) is 11.5 Å². The predicted octanol–water partition coefficient (Wildman–Crippen LogP) is 2.19. The number of hydrogen-bond donors (Lipinski definition) is 1. The summed E-state index contributed by atoms with van der Waals surface area (Å²) in [6.45, 7) is 3.06. The molecule has 0 unspecified atom stereocenters. The maximum atomic E-state index is 12.9. The zero-order chi connectivity index (χ0) is 19.7. The van der Waals surface area contributed by atoms with E-state index in [4.69, 9.17) is 14.2 Å². The topological polar surface area (TPSA) is 89.5 Å². The summed E-state index contributed by atoms with van der Waals surface area (Å²) in [7, 11) is 1.62. The minimum atomic E-state index is -0.701. The smallest absolute Gasteiger partial charge is 0.255 e. The van der Waals surface area contributed by atoms with E-state index in [1.807, 2.05) is 6.92 Å². The van der Waals surface area contributed by atoms with Gasteiger partial charge in [0.25, 0.3) is 5.91 Å². The van der Waals surface area contributed by atoms with Crippen molar-refractivity contribution in [3.8, 4) is 11.5 Å². The van der Waals surface area contributed by atoms with Crippen LogP contribution in [-0.2, 0) is 14.3 Å². The second-order valence-electron chi connectivity index (χ2n) is 7.47. The highest BCUT2D eigenvalue weighted by Gasteiger charge is 2.49. The lowest BCUT2D eigenvalue weighted by atomic mass is 9.76. The molecular weight excluding hydrogens is 362 g/mol. The molecule has 8 nitrogen and oxygen atoms in total. The van der Waals surface area contributed by atoms with E-state index in [1.54, 1.807) is 30.2 Å². The van der Waals surface area contributed by atoms with E-state index in [0.717, 1.165) is 5.84 Å². The van der Waals surface area contributed by atoms with Gasteiger partial charge < -0.3 is 19.5 Å². The van der Waals surface area contributed by atoms with Gasteiger partial charge in [-0.1, -0.05) is 0 Å². The van der Waals surface area contributed by atoms with E-state index in [-0.39, 0.29) is 24.5 Å². The molecule has 150 valence electrons. The summed E-state index contributed by atoms with van der Waals surface area (Å²) < 4.78 is 15.7. The number of anilines is 1. The molecule has 0 atom stereocenters. The molecule has 1 spiro atoms. The van der Waals surface area contributed by atoms with E-state index in [1.165, 1.54) is 0 Å². The van der Waals surface area contributed by atoms with Crippen molar-refractivity contribution in [3.05, 3.63) is 18.2 Å². The number of amides is 2. The van der Waals surface area contributed by atoms with E-state index in [0.29, 0.717) is 56.0 Å². The molecule has 0 saturated heterocycles. The van der Waals surface area contributed by atoms with E-state index in [2.05, 4.69) is 10.3 Å². The number of nitrogens with zero attached hydrogens (tertiary/aromatic N) is 2. The van der Waals surface area contributed by atoms with E-state index < -0.39 is 5.54 Å². The first-order valence-corrected chi connectivity index (χ1v) is 9.60. The summed E-state index contributed by atoms with van der Waals surface area (Å²) in [4.78, 5) is 32.0. The Labute approximate surface area is 163 Å². The summed E-state index contributed by atoms with van der Waals surface area (Å²) in [5.74, 6) is 1.94. The van der Waals surface area contributed by atoms with Gasteiger partial charge in [-0.3, -0.25) is 19.5 Å². The molecule has 8 heteroatoms. The molecule has 4 rings (SSSR count). The van der Waals surface area contributed by atoms with Crippen LogP contribution in [0.3, 0.4) is 0 Å². The fourth-order valence-electron chi connectivity index (χ4n) is 4.16. The SMILES string of the molecule is COCCN1C(=O)C2(CCC(C(=O)Nc3ccc4c(c3)OCO4)CC2)N=C1C. The van der Waals surface area contributed by atoms with Crippen LogP contribution in [0.2, 0.25) is 0 Å². The van der Waals surface area contributed by atoms with Crippen molar-refractivity contribution < 1.29 is 23.8 Å². The van der Waals surface area contributed by atoms with Crippen molar-refractivity contribution in [1.82, 2.24) is 4.90 Å². The standard InChI is InChI=1S/C20H25N3O5/c1-13-22-20(19(25)23(13)9-10-26-2)7-5-14(6-8-20)18(24)21-15-3-4-16-17(11-15)28-12-27-16/h3-4,11,14H,5-10,12H2,1-2H3,(H,21,24). The van der Waals surface area contributed by atoms with Crippen molar-refractivity contribution in [1.29, 1.82) is 0 Å². The number of nitrogens with one attached hydrogen (secondary N) is 1. The first-order valence-electron chi connectivity index (χ1n) is 9.60. The third-order valence-electron chi connectivity index (χ3n) is 5.75. The normalized spacial score (nSPS) is 25.9. The maximum absolute atomic E-state index is 12.9. The third kappa shape index (κ3) is 3.32. The van der Waals surface area contributed by atoms with Gasteiger partial charge in [0, 0.05) is 24.8 Å². The maximum Gasteiger partial charge on any atom is 0.255 e. The predicted molar refractivity (Wildman–Crippen MR) is 103 cm³/mol. The Kier molecular flexibility index (Phi) is 4.97. The molecule has 0 aromatic heterocycles. The van der Waals surface area contributed by atoms with Gasteiger partial charge >= 0.3 is 0 Å². The average Bonchev–Trinajstić information content (AvgIpc) is 3.24. The van der Waals surface area contributed by atoms with Crippen LogP contribution in [0, 0.1) is 5.92 Å². The van der Waals surface area contributed by atoms with Crippen molar-refractivity contribution in [2.45, 2.75) is 38.1 Å². The molecule has 1 saturated carbocycles. The first-order chi connectivity index (χ1) is 13.5. The first kappa shape index (κ1) is 18.7. The molecule has 1 aromatic carbocycles.